The lowest BCUT2D eigenvalue weighted by molar-refractivity contribution is -0.149. The Morgan fingerprint density at radius 3 is 2.61 bits per heavy atom. The van der Waals surface area contributed by atoms with Gasteiger partial charge in [0.2, 0.25) is 0 Å². The van der Waals surface area contributed by atoms with Crippen molar-refractivity contribution < 1.29 is 28.3 Å². The smallest absolute Gasteiger partial charge is 0.459 e. The van der Waals surface area contributed by atoms with E-state index in [1.54, 1.807) is 51.1 Å². The predicted octanol–water partition coefficient (Wildman–Crippen LogP) is 2.83. The molecule has 1 fully saturated rings. The molecule has 196 valence electrons. The van der Waals surface area contributed by atoms with Crippen LogP contribution in [0.1, 0.15) is 40.2 Å². The first-order chi connectivity index (χ1) is 16.8. The Kier molecular flexibility index (Phi) is 8.40. The Labute approximate surface area is 209 Å². The van der Waals surface area contributed by atoms with Gasteiger partial charge in [-0.2, -0.15) is 10.1 Å². The molecule has 1 aromatic carbocycles. The van der Waals surface area contributed by atoms with E-state index in [9.17, 15) is 19.3 Å². The van der Waals surface area contributed by atoms with E-state index in [0.717, 1.165) is 0 Å². The average Bonchev–Trinajstić information content (AvgIpc) is 3.02. The number of hydrogen-bond donors (Lipinski definition) is 3. The van der Waals surface area contributed by atoms with E-state index in [2.05, 4.69) is 16.7 Å². The zero-order valence-electron chi connectivity index (χ0n) is 20.8. The van der Waals surface area contributed by atoms with Crippen molar-refractivity contribution in [2.45, 2.75) is 58.4 Å². The van der Waals surface area contributed by atoms with Gasteiger partial charge in [-0.25, -0.2) is 9.36 Å². The van der Waals surface area contributed by atoms with Gasteiger partial charge in [0.05, 0.1) is 24.9 Å². The largest absolute Gasteiger partial charge is 0.462 e. The van der Waals surface area contributed by atoms with E-state index in [1.165, 1.54) is 23.8 Å². The summed E-state index contributed by atoms with van der Waals surface area (Å²) in [6.45, 7) is 10.4. The van der Waals surface area contributed by atoms with Crippen molar-refractivity contribution in [2.24, 2.45) is 5.41 Å². The van der Waals surface area contributed by atoms with Crippen LogP contribution in [0.15, 0.2) is 59.5 Å². The molecule has 11 nitrogen and oxygen atoms in total. The van der Waals surface area contributed by atoms with Crippen LogP contribution >= 0.6 is 7.75 Å². The molecule has 36 heavy (non-hydrogen) atoms. The van der Waals surface area contributed by atoms with Crippen LogP contribution in [-0.4, -0.2) is 45.5 Å². The van der Waals surface area contributed by atoms with Crippen molar-refractivity contribution in [1.82, 2.24) is 14.6 Å². The number of anilines is 1. The maximum atomic E-state index is 13.8. The van der Waals surface area contributed by atoms with Crippen molar-refractivity contribution in [3.63, 3.8) is 0 Å². The summed E-state index contributed by atoms with van der Waals surface area (Å²) in [6, 6.07) is 8.24. The predicted molar refractivity (Wildman–Crippen MR) is 134 cm³/mol. The van der Waals surface area contributed by atoms with E-state index in [1.807, 2.05) is 0 Å². The minimum Gasteiger partial charge on any atom is -0.462 e. The van der Waals surface area contributed by atoms with Gasteiger partial charge in [-0.05, 0) is 51.0 Å². The molecule has 4 N–H and O–H groups in total. The average molecular weight is 521 g/mol. The van der Waals surface area contributed by atoms with Crippen LogP contribution in [-0.2, 0) is 18.6 Å². The summed E-state index contributed by atoms with van der Waals surface area (Å²) in [5.74, 6) is -0.287. The second kappa shape index (κ2) is 11.0. The quantitative estimate of drug-likeness (QED) is 0.242. The molecule has 1 aliphatic carbocycles. The number of hydrogen-bond acceptors (Lipinski definition) is 9. The number of ether oxygens (including phenoxy) is 1. The number of carbonyl (C=O) groups is 1. The normalized spacial score (nSPS) is 24.3. The molecule has 0 amide bonds. The molecule has 0 radical (unpaired) electrons. The molecule has 1 aromatic heterocycles. The Morgan fingerprint density at radius 1 is 1.33 bits per heavy atom. The molecule has 1 aliphatic rings. The lowest BCUT2D eigenvalue weighted by Crippen LogP contribution is -2.38. The van der Waals surface area contributed by atoms with Crippen LogP contribution in [0.25, 0.3) is 0 Å². The van der Waals surface area contributed by atoms with E-state index < -0.39 is 43.0 Å². The minimum atomic E-state index is -4.15. The highest BCUT2D eigenvalue weighted by Crippen LogP contribution is 2.52. The Bertz CT molecular complexity index is 1200. The van der Waals surface area contributed by atoms with Crippen LogP contribution < -0.4 is 21.0 Å². The highest BCUT2D eigenvalue weighted by Gasteiger charge is 2.49. The molecule has 1 heterocycles. The maximum Gasteiger partial charge on any atom is 0.459 e. The highest BCUT2D eigenvalue weighted by molar-refractivity contribution is 7.52. The standard InChI is InChI=1S/C24H33N4O7P/c1-15(2)34-22(30)17(4)27-36(32,35-18-9-7-6-8-10-18)33-14-24(5)16(3)19(13-20(24)29)28-12-11-21(25)26-23(28)31/h6-12,15,17,19-20,29H,3,13-14H2,1-2,4-5H3,(H,27,32)(H2,25,26,31)/t17-,19-,20-,24-,36?/m0/s1. The summed E-state index contributed by atoms with van der Waals surface area (Å²) >= 11 is 0. The minimum absolute atomic E-state index is 0.0849. The first-order valence-corrected chi connectivity index (χ1v) is 13.1. The Balaban J connectivity index is 1.83. The fourth-order valence-corrected chi connectivity index (χ4v) is 5.49. The summed E-state index contributed by atoms with van der Waals surface area (Å²) in [4.78, 5) is 28.5. The van der Waals surface area contributed by atoms with E-state index in [-0.39, 0.29) is 30.7 Å². The number of carbonyl (C=O) groups excluding carboxylic acids is 1. The molecule has 0 aliphatic heterocycles. The second-order valence-electron chi connectivity index (χ2n) is 9.26. The summed E-state index contributed by atoms with van der Waals surface area (Å²) in [7, 11) is -4.15. The van der Waals surface area contributed by atoms with Crippen LogP contribution in [0, 0.1) is 5.41 Å². The summed E-state index contributed by atoms with van der Waals surface area (Å²) in [5.41, 5.74) is 4.41. The van der Waals surface area contributed by atoms with Crippen molar-refractivity contribution in [3.05, 3.63) is 65.2 Å². The van der Waals surface area contributed by atoms with E-state index >= 15 is 0 Å². The van der Waals surface area contributed by atoms with Gasteiger partial charge in [0.1, 0.15) is 17.6 Å². The van der Waals surface area contributed by atoms with Crippen molar-refractivity contribution in [1.29, 1.82) is 0 Å². The van der Waals surface area contributed by atoms with Gasteiger partial charge in [0.15, 0.2) is 0 Å². The van der Waals surface area contributed by atoms with Gasteiger partial charge in [-0.15, -0.1) is 0 Å². The highest BCUT2D eigenvalue weighted by atomic mass is 31.2. The van der Waals surface area contributed by atoms with Crippen molar-refractivity contribution in [2.75, 3.05) is 12.3 Å². The van der Waals surface area contributed by atoms with Gasteiger partial charge in [-0.3, -0.25) is 13.9 Å². The zero-order valence-corrected chi connectivity index (χ0v) is 21.7. The number of nitrogen functional groups attached to an aromatic ring is 1. The number of nitrogens with one attached hydrogen (secondary N) is 1. The van der Waals surface area contributed by atoms with Gasteiger partial charge in [-0.1, -0.05) is 31.7 Å². The number of aliphatic hydroxyl groups excluding tert-OH is 1. The molecule has 0 saturated heterocycles. The Hall–Kier alpha value is -2.98. The summed E-state index contributed by atoms with van der Waals surface area (Å²) < 4.78 is 31.8. The third-order valence-electron chi connectivity index (χ3n) is 6.07. The van der Waals surface area contributed by atoms with Crippen LogP contribution in [0.2, 0.25) is 0 Å². The molecular formula is C24H33N4O7P. The van der Waals surface area contributed by atoms with Crippen LogP contribution in [0.4, 0.5) is 5.82 Å². The lowest BCUT2D eigenvalue weighted by atomic mass is 9.84. The first kappa shape index (κ1) is 27.6. The lowest BCUT2D eigenvalue weighted by Gasteiger charge is -2.32. The topological polar surface area (TPSA) is 155 Å². The number of rotatable bonds is 10. The van der Waals surface area contributed by atoms with Crippen LogP contribution in [0.3, 0.4) is 0 Å². The number of esters is 1. The Morgan fingerprint density at radius 2 is 2.00 bits per heavy atom. The molecule has 0 spiro atoms. The van der Waals surface area contributed by atoms with Gasteiger partial charge in [0, 0.05) is 11.6 Å². The van der Waals surface area contributed by atoms with Crippen molar-refractivity contribution >= 4 is 19.5 Å². The van der Waals surface area contributed by atoms with Gasteiger partial charge >= 0.3 is 19.4 Å². The summed E-state index contributed by atoms with van der Waals surface area (Å²) in [6.07, 6.45) is 0.315. The number of benzene rings is 1. The monoisotopic (exact) mass is 520 g/mol. The fraction of sp³-hybridized carbons (Fsp3) is 0.458. The van der Waals surface area contributed by atoms with E-state index in [0.29, 0.717) is 5.57 Å². The van der Waals surface area contributed by atoms with E-state index in [4.69, 9.17) is 19.5 Å². The van der Waals surface area contributed by atoms with Gasteiger partial charge < -0.3 is 20.1 Å². The second-order valence-corrected chi connectivity index (χ2v) is 11.0. The molecule has 5 atom stereocenters. The number of aliphatic hydroxyl groups is 1. The number of para-hydroxylation sites is 1. The molecule has 1 saturated carbocycles. The zero-order chi connectivity index (χ0) is 26.7. The third kappa shape index (κ3) is 6.22. The van der Waals surface area contributed by atoms with Gasteiger partial charge in [0.25, 0.3) is 0 Å². The fourth-order valence-electron chi connectivity index (χ4n) is 3.90. The molecular weight excluding hydrogens is 487 g/mol. The third-order valence-corrected chi connectivity index (χ3v) is 7.69. The molecule has 1 unspecified atom stereocenters. The maximum absolute atomic E-state index is 13.8. The SMILES string of the molecule is C=C1[C@@H](n2ccc(N)nc2=O)C[C@H](O)[C@@]1(C)COP(=O)(N[C@@H](C)C(=O)OC(C)C)Oc1ccccc1. The molecule has 2 aromatic rings. The molecule has 12 heteroatoms. The number of nitrogens with two attached hydrogens (primary N) is 1. The van der Waals surface area contributed by atoms with Crippen LogP contribution in [0.5, 0.6) is 5.75 Å². The number of aromatic nitrogens is 2. The molecule has 3 rings (SSSR count). The number of nitrogens with zero attached hydrogens (tertiary/aromatic N) is 2. The van der Waals surface area contributed by atoms with Crippen molar-refractivity contribution in [3.8, 4) is 5.75 Å². The summed E-state index contributed by atoms with van der Waals surface area (Å²) in [5, 5.41) is 13.5. The molecule has 0 bridgehead atoms. The first-order valence-electron chi connectivity index (χ1n) is 11.5.